The molecule has 0 amide bonds. The zero-order valence-corrected chi connectivity index (χ0v) is 8.48. The SMILES string of the molecule is NC(=NC1CCCc2ccccc21)NO. The minimum absolute atomic E-state index is 0.0783. The number of rotatable bonds is 1. The van der Waals surface area contributed by atoms with E-state index in [2.05, 4.69) is 17.1 Å². The number of hydrogen-bond donors (Lipinski definition) is 3. The lowest BCUT2D eigenvalue weighted by molar-refractivity contribution is 0.232. The van der Waals surface area contributed by atoms with E-state index in [4.69, 9.17) is 10.9 Å². The smallest absolute Gasteiger partial charge is 0.213 e. The average molecular weight is 205 g/mol. The summed E-state index contributed by atoms with van der Waals surface area (Å²) in [6.45, 7) is 0. The zero-order valence-electron chi connectivity index (χ0n) is 8.48. The number of nitrogens with two attached hydrogens (primary N) is 1. The molecule has 15 heavy (non-hydrogen) atoms. The number of hydroxylamine groups is 1. The van der Waals surface area contributed by atoms with E-state index in [0.717, 1.165) is 19.3 Å². The molecule has 0 heterocycles. The lowest BCUT2D eigenvalue weighted by Gasteiger charge is -2.22. The molecule has 0 bridgehead atoms. The highest BCUT2D eigenvalue weighted by atomic mass is 16.5. The van der Waals surface area contributed by atoms with Gasteiger partial charge in [0.2, 0.25) is 5.96 Å². The molecule has 4 N–H and O–H groups in total. The average Bonchev–Trinajstić information content (AvgIpc) is 2.29. The molecule has 2 rings (SSSR count). The molecule has 4 heteroatoms. The van der Waals surface area contributed by atoms with Gasteiger partial charge in [-0.25, -0.2) is 10.5 Å². The van der Waals surface area contributed by atoms with Crippen LogP contribution in [0, 0.1) is 0 Å². The van der Waals surface area contributed by atoms with E-state index >= 15 is 0 Å². The fourth-order valence-corrected chi connectivity index (χ4v) is 2.06. The van der Waals surface area contributed by atoms with E-state index in [1.54, 1.807) is 0 Å². The molecule has 80 valence electrons. The Kier molecular flexibility index (Phi) is 2.87. The Morgan fingerprint density at radius 3 is 3.07 bits per heavy atom. The van der Waals surface area contributed by atoms with Gasteiger partial charge in [0.05, 0.1) is 6.04 Å². The van der Waals surface area contributed by atoms with Gasteiger partial charge in [0.15, 0.2) is 0 Å². The van der Waals surface area contributed by atoms with Crippen LogP contribution in [-0.2, 0) is 6.42 Å². The van der Waals surface area contributed by atoms with Crippen LogP contribution in [0.5, 0.6) is 0 Å². The maximum absolute atomic E-state index is 8.61. The van der Waals surface area contributed by atoms with Crippen molar-refractivity contribution in [2.75, 3.05) is 0 Å². The summed E-state index contributed by atoms with van der Waals surface area (Å²) in [7, 11) is 0. The third kappa shape index (κ3) is 2.10. The van der Waals surface area contributed by atoms with Crippen molar-refractivity contribution < 1.29 is 5.21 Å². The summed E-state index contributed by atoms with van der Waals surface area (Å²) in [6.07, 6.45) is 3.21. The van der Waals surface area contributed by atoms with Crippen LogP contribution in [0.4, 0.5) is 0 Å². The van der Waals surface area contributed by atoms with Crippen LogP contribution in [0.2, 0.25) is 0 Å². The molecule has 1 aromatic carbocycles. The molecule has 0 fully saturated rings. The molecule has 4 nitrogen and oxygen atoms in total. The predicted molar refractivity (Wildman–Crippen MR) is 58.7 cm³/mol. The largest absolute Gasteiger partial charge is 0.368 e. The fourth-order valence-electron chi connectivity index (χ4n) is 2.06. The topological polar surface area (TPSA) is 70.6 Å². The summed E-state index contributed by atoms with van der Waals surface area (Å²) < 4.78 is 0. The molecule has 0 saturated carbocycles. The van der Waals surface area contributed by atoms with Crippen LogP contribution in [0.25, 0.3) is 0 Å². The van der Waals surface area contributed by atoms with E-state index in [1.807, 2.05) is 17.6 Å². The number of nitrogens with zero attached hydrogens (tertiary/aromatic N) is 1. The number of fused-ring (bicyclic) bond motifs is 1. The number of benzene rings is 1. The van der Waals surface area contributed by atoms with Gasteiger partial charge in [0.25, 0.3) is 0 Å². The summed E-state index contributed by atoms with van der Waals surface area (Å²) in [6, 6.07) is 8.33. The third-order valence-corrected chi connectivity index (χ3v) is 2.75. The Morgan fingerprint density at radius 1 is 1.47 bits per heavy atom. The first-order chi connectivity index (χ1) is 7.31. The minimum atomic E-state index is 0.0783. The van der Waals surface area contributed by atoms with Gasteiger partial charge in [-0.1, -0.05) is 24.3 Å². The highest BCUT2D eigenvalue weighted by Gasteiger charge is 2.18. The van der Waals surface area contributed by atoms with Crippen LogP contribution in [0.1, 0.15) is 30.0 Å². The Morgan fingerprint density at radius 2 is 2.27 bits per heavy atom. The van der Waals surface area contributed by atoms with Crippen LogP contribution >= 0.6 is 0 Å². The first kappa shape index (κ1) is 9.98. The van der Waals surface area contributed by atoms with Crippen molar-refractivity contribution in [3.63, 3.8) is 0 Å². The molecule has 0 saturated heterocycles. The van der Waals surface area contributed by atoms with Gasteiger partial charge in [-0.2, -0.15) is 0 Å². The van der Waals surface area contributed by atoms with E-state index in [9.17, 15) is 0 Å². The Bertz CT molecular complexity index is 376. The number of aryl methyl sites for hydroxylation is 1. The summed E-state index contributed by atoms with van der Waals surface area (Å²) in [4.78, 5) is 4.23. The first-order valence-corrected chi connectivity index (χ1v) is 5.12. The van der Waals surface area contributed by atoms with E-state index in [1.165, 1.54) is 11.1 Å². The van der Waals surface area contributed by atoms with Crippen molar-refractivity contribution in [3.8, 4) is 0 Å². The number of nitrogens with one attached hydrogen (secondary N) is 1. The lowest BCUT2D eigenvalue weighted by Crippen LogP contribution is -2.29. The molecule has 0 radical (unpaired) electrons. The molecule has 1 unspecified atom stereocenters. The van der Waals surface area contributed by atoms with Crippen LogP contribution in [0.15, 0.2) is 29.3 Å². The van der Waals surface area contributed by atoms with Gasteiger partial charge in [-0.3, -0.25) is 5.21 Å². The second kappa shape index (κ2) is 4.31. The molecule has 0 aromatic heterocycles. The van der Waals surface area contributed by atoms with Gasteiger partial charge < -0.3 is 5.73 Å². The summed E-state index contributed by atoms with van der Waals surface area (Å²) in [5.41, 5.74) is 9.88. The van der Waals surface area contributed by atoms with Crippen molar-refractivity contribution in [1.29, 1.82) is 0 Å². The van der Waals surface area contributed by atoms with Crippen LogP contribution in [0.3, 0.4) is 0 Å². The standard InChI is InChI=1S/C11H15N3O/c12-11(14-15)13-10-7-3-5-8-4-1-2-6-9(8)10/h1-2,4,6,10,15H,3,5,7H2,(H3,12,13,14). The summed E-state index contributed by atoms with van der Waals surface area (Å²) >= 11 is 0. The predicted octanol–water partition coefficient (Wildman–Crippen LogP) is 1.36. The van der Waals surface area contributed by atoms with Gasteiger partial charge >= 0.3 is 0 Å². The first-order valence-electron chi connectivity index (χ1n) is 5.12. The molecule has 1 aliphatic rings. The molecular weight excluding hydrogens is 190 g/mol. The van der Waals surface area contributed by atoms with Gasteiger partial charge in [-0.15, -0.1) is 0 Å². The van der Waals surface area contributed by atoms with Crippen molar-refractivity contribution in [3.05, 3.63) is 35.4 Å². The van der Waals surface area contributed by atoms with Crippen molar-refractivity contribution in [2.45, 2.75) is 25.3 Å². The van der Waals surface area contributed by atoms with Gasteiger partial charge in [-0.05, 0) is 30.4 Å². The lowest BCUT2D eigenvalue weighted by atomic mass is 9.88. The highest BCUT2D eigenvalue weighted by molar-refractivity contribution is 5.76. The molecular formula is C11H15N3O. The maximum Gasteiger partial charge on any atom is 0.213 e. The normalized spacial score (nSPS) is 20.9. The Hall–Kier alpha value is -1.55. The second-order valence-electron chi connectivity index (χ2n) is 3.73. The number of guanidine groups is 1. The van der Waals surface area contributed by atoms with E-state index in [0.29, 0.717) is 0 Å². The summed E-state index contributed by atoms with van der Waals surface area (Å²) in [5, 5.41) is 8.61. The van der Waals surface area contributed by atoms with Crippen molar-refractivity contribution in [2.24, 2.45) is 10.7 Å². The van der Waals surface area contributed by atoms with E-state index in [-0.39, 0.29) is 12.0 Å². The Labute approximate surface area is 88.8 Å². The number of hydrogen-bond acceptors (Lipinski definition) is 2. The quantitative estimate of drug-likeness (QED) is 0.368. The van der Waals surface area contributed by atoms with Crippen LogP contribution < -0.4 is 11.2 Å². The third-order valence-electron chi connectivity index (χ3n) is 2.75. The molecule has 1 aromatic rings. The maximum atomic E-state index is 8.61. The number of aliphatic imine (C=N–C) groups is 1. The zero-order chi connectivity index (χ0) is 10.7. The van der Waals surface area contributed by atoms with Gasteiger partial charge in [0, 0.05) is 0 Å². The highest BCUT2D eigenvalue weighted by Crippen LogP contribution is 2.32. The monoisotopic (exact) mass is 205 g/mol. The fraction of sp³-hybridized carbons (Fsp3) is 0.364. The molecule has 1 aliphatic carbocycles. The molecule has 0 spiro atoms. The van der Waals surface area contributed by atoms with Gasteiger partial charge in [0.1, 0.15) is 0 Å². The van der Waals surface area contributed by atoms with E-state index < -0.39 is 0 Å². The minimum Gasteiger partial charge on any atom is -0.368 e. The van der Waals surface area contributed by atoms with Crippen molar-refractivity contribution >= 4 is 5.96 Å². The van der Waals surface area contributed by atoms with Crippen molar-refractivity contribution in [1.82, 2.24) is 5.48 Å². The molecule has 1 atom stereocenters. The summed E-state index contributed by atoms with van der Waals surface area (Å²) in [5.74, 6) is 0.0803. The van der Waals surface area contributed by atoms with Crippen LogP contribution in [-0.4, -0.2) is 11.2 Å². The second-order valence-corrected chi connectivity index (χ2v) is 3.73. The molecule has 0 aliphatic heterocycles. The Balaban J connectivity index is 2.30.